The van der Waals surface area contributed by atoms with Gasteiger partial charge in [-0.25, -0.2) is 0 Å². The van der Waals surface area contributed by atoms with Gasteiger partial charge < -0.3 is 14.8 Å². The summed E-state index contributed by atoms with van der Waals surface area (Å²) in [5.74, 6) is -1.25. The highest BCUT2D eigenvalue weighted by atomic mass is 35.5. The van der Waals surface area contributed by atoms with Crippen LogP contribution in [0.25, 0.3) is 11.0 Å². The Morgan fingerprint density at radius 1 is 1.14 bits per heavy atom. The summed E-state index contributed by atoms with van der Waals surface area (Å²) in [6.07, 6.45) is 1.51. The van der Waals surface area contributed by atoms with Gasteiger partial charge in [-0.05, 0) is 18.2 Å². The van der Waals surface area contributed by atoms with Crippen molar-refractivity contribution in [3.8, 4) is 0 Å². The van der Waals surface area contributed by atoms with E-state index >= 15 is 0 Å². The highest BCUT2D eigenvalue weighted by Gasteiger charge is 2.45. The van der Waals surface area contributed by atoms with Crippen molar-refractivity contribution in [1.82, 2.24) is 19.8 Å². The van der Waals surface area contributed by atoms with Gasteiger partial charge in [-0.15, -0.1) is 0 Å². The number of H-pyrrole nitrogens is 1. The molecule has 3 aromatic rings. The molecule has 0 aliphatic carbocycles. The molecule has 0 spiro atoms. The Hall–Kier alpha value is -3.19. The first kappa shape index (κ1) is 16.9. The van der Waals surface area contributed by atoms with Gasteiger partial charge in [-0.1, -0.05) is 29.8 Å². The van der Waals surface area contributed by atoms with E-state index in [-0.39, 0.29) is 11.5 Å². The summed E-state index contributed by atoms with van der Waals surface area (Å²) in [6.45, 7) is 0.964. The zero-order chi connectivity index (χ0) is 19.4. The van der Waals surface area contributed by atoms with E-state index in [1.807, 2.05) is 18.2 Å². The number of fused-ring (bicyclic) bond motifs is 5. The van der Waals surface area contributed by atoms with E-state index in [2.05, 4.69) is 9.97 Å². The van der Waals surface area contributed by atoms with Crippen LogP contribution in [0.1, 0.15) is 32.5 Å². The van der Waals surface area contributed by atoms with Gasteiger partial charge in [0.25, 0.3) is 17.6 Å². The molecule has 0 radical (unpaired) electrons. The van der Waals surface area contributed by atoms with Crippen LogP contribution in [-0.2, 0) is 4.79 Å². The van der Waals surface area contributed by atoms with Gasteiger partial charge in [-0.2, -0.15) is 0 Å². The largest absolute Gasteiger partial charge is 0.353 e. The molecule has 140 valence electrons. The first-order valence-electron chi connectivity index (χ1n) is 8.92. The van der Waals surface area contributed by atoms with Gasteiger partial charge in [0.2, 0.25) is 0 Å². The van der Waals surface area contributed by atoms with Gasteiger partial charge in [-0.3, -0.25) is 19.4 Å². The SMILES string of the molecule is O=C1C(=O)N2CCN(C(=O)c3ccccc3)C[C@H]2c2[nH]c3c(Cl)ccnc3c21. The molecule has 0 saturated carbocycles. The van der Waals surface area contributed by atoms with E-state index in [1.165, 1.54) is 11.1 Å². The van der Waals surface area contributed by atoms with Crippen molar-refractivity contribution >= 4 is 40.2 Å². The van der Waals surface area contributed by atoms with Crippen LogP contribution in [0.3, 0.4) is 0 Å². The number of amides is 2. The maximum absolute atomic E-state index is 12.9. The number of nitrogens with one attached hydrogen (secondary N) is 1. The predicted octanol–water partition coefficient (Wildman–Crippen LogP) is 2.44. The second kappa shape index (κ2) is 6.17. The van der Waals surface area contributed by atoms with Crippen molar-refractivity contribution in [2.24, 2.45) is 0 Å². The number of aromatic nitrogens is 2. The van der Waals surface area contributed by atoms with Crippen LogP contribution in [0.4, 0.5) is 0 Å². The number of hydrogen-bond donors (Lipinski definition) is 1. The molecule has 1 N–H and O–H groups in total. The number of carbonyl (C=O) groups excluding carboxylic acids is 3. The Labute approximate surface area is 164 Å². The number of rotatable bonds is 1. The van der Waals surface area contributed by atoms with Crippen molar-refractivity contribution in [1.29, 1.82) is 0 Å². The van der Waals surface area contributed by atoms with Crippen LogP contribution < -0.4 is 0 Å². The minimum Gasteiger partial charge on any atom is -0.353 e. The van der Waals surface area contributed by atoms with Gasteiger partial charge in [0.1, 0.15) is 5.52 Å². The number of hydrogen-bond acceptors (Lipinski definition) is 4. The third-order valence-electron chi connectivity index (χ3n) is 5.37. The number of halogens is 1. The average molecular weight is 395 g/mol. The standard InChI is InChI=1S/C20H15ClN4O3/c21-12-6-7-22-17-14-16(23-15(12)17)13-10-24(8-9-25(13)20(28)18(14)26)19(27)11-4-2-1-3-5-11/h1-7,13,23H,8-10H2/t13-/m0/s1. The van der Waals surface area contributed by atoms with Crippen LogP contribution in [0.2, 0.25) is 5.02 Å². The van der Waals surface area contributed by atoms with Crippen LogP contribution in [0, 0.1) is 0 Å². The third kappa shape index (κ3) is 2.36. The molecular weight excluding hydrogens is 380 g/mol. The van der Waals surface area contributed by atoms with Crippen LogP contribution in [0.5, 0.6) is 0 Å². The lowest BCUT2D eigenvalue weighted by Crippen LogP contribution is -2.56. The molecule has 2 aromatic heterocycles. The number of carbonyl (C=O) groups is 3. The van der Waals surface area contributed by atoms with Crippen LogP contribution in [-0.4, -0.2) is 57.0 Å². The highest BCUT2D eigenvalue weighted by molar-refractivity contribution is 6.46. The topological polar surface area (TPSA) is 86.4 Å². The third-order valence-corrected chi connectivity index (χ3v) is 5.68. The molecule has 5 rings (SSSR count). The number of pyridine rings is 1. The number of benzene rings is 1. The molecule has 2 aliphatic heterocycles. The van der Waals surface area contributed by atoms with E-state index in [0.717, 1.165) is 0 Å². The van der Waals surface area contributed by atoms with E-state index in [0.29, 0.717) is 46.9 Å². The molecule has 0 bridgehead atoms. The summed E-state index contributed by atoms with van der Waals surface area (Å²) < 4.78 is 0. The summed E-state index contributed by atoms with van der Waals surface area (Å²) in [5, 5.41) is 0.430. The van der Waals surface area contributed by atoms with Gasteiger partial charge in [0, 0.05) is 31.4 Å². The molecule has 1 atom stereocenters. The summed E-state index contributed by atoms with van der Waals surface area (Å²) in [4.78, 5) is 49.0. The number of Topliss-reactive ketones (excluding diaryl/α,β-unsaturated/α-hetero) is 1. The number of aromatic amines is 1. The molecule has 1 saturated heterocycles. The highest BCUT2D eigenvalue weighted by Crippen LogP contribution is 2.38. The Morgan fingerprint density at radius 3 is 2.71 bits per heavy atom. The number of nitrogens with zero attached hydrogens (tertiary/aromatic N) is 3. The van der Waals surface area contributed by atoms with E-state index in [4.69, 9.17) is 11.6 Å². The van der Waals surface area contributed by atoms with Crippen molar-refractivity contribution in [2.75, 3.05) is 19.6 Å². The summed E-state index contributed by atoms with van der Waals surface area (Å²) >= 11 is 6.25. The smallest absolute Gasteiger partial charge is 0.295 e. The molecule has 8 heteroatoms. The summed E-state index contributed by atoms with van der Waals surface area (Å²) in [7, 11) is 0. The minimum absolute atomic E-state index is 0.0987. The molecule has 0 unspecified atom stereocenters. The fourth-order valence-corrected chi connectivity index (χ4v) is 4.20. The quantitative estimate of drug-likeness (QED) is 0.642. The Balaban J connectivity index is 1.58. The van der Waals surface area contributed by atoms with E-state index in [9.17, 15) is 14.4 Å². The summed E-state index contributed by atoms with van der Waals surface area (Å²) in [5.41, 5.74) is 2.37. The number of piperazine rings is 1. The molecule has 2 amide bonds. The molecule has 4 heterocycles. The van der Waals surface area contributed by atoms with E-state index in [1.54, 1.807) is 23.1 Å². The van der Waals surface area contributed by atoms with Crippen molar-refractivity contribution in [3.63, 3.8) is 0 Å². The second-order valence-corrected chi connectivity index (χ2v) is 7.30. The zero-order valence-corrected chi connectivity index (χ0v) is 15.4. The Morgan fingerprint density at radius 2 is 1.93 bits per heavy atom. The lowest BCUT2D eigenvalue weighted by atomic mass is 9.95. The molecule has 7 nitrogen and oxygen atoms in total. The van der Waals surface area contributed by atoms with Crippen molar-refractivity contribution < 1.29 is 14.4 Å². The molecule has 28 heavy (non-hydrogen) atoms. The molecule has 1 fully saturated rings. The fraction of sp³-hybridized carbons (Fsp3) is 0.200. The Bertz CT molecular complexity index is 1140. The lowest BCUT2D eigenvalue weighted by molar-refractivity contribution is -0.131. The lowest BCUT2D eigenvalue weighted by Gasteiger charge is -2.43. The average Bonchev–Trinajstić information content (AvgIpc) is 3.13. The molecule has 1 aromatic carbocycles. The molecule has 2 aliphatic rings. The van der Waals surface area contributed by atoms with Crippen molar-refractivity contribution in [3.05, 3.63) is 64.4 Å². The summed E-state index contributed by atoms with van der Waals surface area (Å²) in [6, 6.07) is 10.2. The first-order chi connectivity index (χ1) is 13.6. The fourth-order valence-electron chi connectivity index (χ4n) is 4.01. The van der Waals surface area contributed by atoms with Crippen LogP contribution in [0.15, 0.2) is 42.6 Å². The second-order valence-electron chi connectivity index (χ2n) is 6.89. The van der Waals surface area contributed by atoms with Gasteiger partial charge >= 0.3 is 0 Å². The monoisotopic (exact) mass is 394 g/mol. The van der Waals surface area contributed by atoms with E-state index < -0.39 is 17.7 Å². The maximum atomic E-state index is 12.9. The predicted molar refractivity (Wildman–Crippen MR) is 102 cm³/mol. The minimum atomic E-state index is -0.588. The Kier molecular flexibility index (Phi) is 3.73. The van der Waals surface area contributed by atoms with Crippen LogP contribution >= 0.6 is 11.6 Å². The zero-order valence-electron chi connectivity index (χ0n) is 14.7. The molecular formula is C20H15ClN4O3. The van der Waals surface area contributed by atoms with Gasteiger partial charge in [0.05, 0.1) is 27.8 Å². The normalized spacial score (nSPS) is 19.0. The number of ketones is 1. The maximum Gasteiger partial charge on any atom is 0.295 e. The first-order valence-corrected chi connectivity index (χ1v) is 9.29. The van der Waals surface area contributed by atoms with Crippen molar-refractivity contribution in [2.45, 2.75) is 6.04 Å². The van der Waals surface area contributed by atoms with Gasteiger partial charge in [0.15, 0.2) is 0 Å².